The number of aromatic nitrogens is 1. The van der Waals surface area contributed by atoms with Crippen molar-refractivity contribution in [3.8, 4) is 6.07 Å². The molecule has 0 unspecified atom stereocenters. The monoisotopic (exact) mass is 384 g/mol. The van der Waals surface area contributed by atoms with E-state index in [0.717, 1.165) is 15.8 Å². The number of hydrogen-bond donors (Lipinski definition) is 1. The first-order valence-corrected chi connectivity index (χ1v) is 10.4. The molecule has 0 radical (unpaired) electrons. The van der Waals surface area contributed by atoms with E-state index in [-0.39, 0.29) is 6.04 Å². The normalized spacial score (nSPS) is 15.0. The number of anilines is 1. The largest absolute Gasteiger partial charge is 0.368 e. The fourth-order valence-corrected chi connectivity index (χ4v) is 6.10. The molecule has 1 aromatic carbocycles. The van der Waals surface area contributed by atoms with E-state index >= 15 is 0 Å². The zero-order chi connectivity index (χ0) is 18.3. The molecule has 2 aromatic heterocycles. The van der Waals surface area contributed by atoms with Crippen LogP contribution >= 0.6 is 11.3 Å². The van der Waals surface area contributed by atoms with Gasteiger partial charge in [-0.3, -0.25) is 4.98 Å². The molecule has 0 amide bonds. The van der Waals surface area contributed by atoms with Gasteiger partial charge in [-0.05, 0) is 48.2 Å². The molecule has 0 atom stereocenters. The third-order valence-corrected chi connectivity index (χ3v) is 7.91. The summed E-state index contributed by atoms with van der Waals surface area (Å²) in [5.41, 5.74) is 2.26. The Morgan fingerprint density at radius 1 is 1.27 bits per heavy atom. The Morgan fingerprint density at radius 2 is 2.00 bits per heavy atom. The van der Waals surface area contributed by atoms with Gasteiger partial charge in [0.2, 0.25) is 0 Å². The van der Waals surface area contributed by atoms with Crippen LogP contribution in [0.3, 0.4) is 0 Å². The van der Waals surface area contributed by atoms with E-state index in [2.05, 4.69) is 20.7 Å². The molecule has 1 N–H and O–H groups in total. The van der Waals surface area contributed by atoms with Gasteiger partial charge in [-0.1, -0.05) is 0 Å². The fraction of sp³-hybridized carbons (Fsp3) is 0.222. The summed E-state index contributed by atoms with van der Waals surface area (Å²) in [5.74, 6) is 0. The second kappa shape index (κ2) is 6.36. The molecule has 4 rings (SSSR count). The van der Waals surface area contributed by atoms with Crippen LogP contribution < -0.4 is 9.62 Å². The molecular weight excluding hydrogens is 368 g/mol. The van der Waals surface area contributed by atoms with E-state index in [1.54, 1.807) is 37.5 Å². The number of pyridine rings is 1. The van der Waals surface area contributed by atoms with Crippen LogP contribution in [0.25, 0.3) is 10.1 Å². The van der Waals surface area contributed by atoms with Crippen LogP contribution in [0, 0.1) is 18.3 Å². The van der Waals surface area contributed by atoms with Gasteiger partial charge in [0.05, 0.1) is 17.7 Å². The first-order chi connectivity index (χ1) is 12.5. The van der Waals surface area contributed by atoms with Crippen LogP contribution in [0.5, 0.6) is 0 Å². The molecule has 8 heteroatoms. The van der Waals surface area contributed by atoms with E-state index < -0.39 is 10.0 Å². The highest BCUT2D eigenvalue weighted by molar-refractivity contribution is 7.91. The van der Waals surface area contributed by atoms with Crippen molar-refractivity contribution in [2.45, 2.75) is 17.2 Å². The zero-order valence-electron chi connectivity index (χ0n) is 14.0. The highest BCUT2D eigenvalue weighted by atomic mass is 32.2. The SMILES string of the molecule is Cc1c(S(=O)(=O)NC2CN(c3ccncc3)C2)sc2ccc(C#N)cc12. The van der Waals surface area contributed by atoms with E-state index in [0.29, 0.717) is 28.4 Å². The summed E-state index contributed by atoms with van der Waals surface area (Å²) in [4.78, 5) is 6.09. The van der Waals surface area contributed by atoms with Crippen molar-refractivity contribution < 1.29 is 8.42 Å². The van der Waals surface area contributed by atoms with Gasteiger partial charge in [-0.25, -0.2) is 13.1 Å². The number of hydrogen-bond acceptors (Lipinski definition) is 6. The van der Waals surface area contributed by atoms with Gasteiger partial charge < -0.3 is 4.90 Å². The maximum atomic E-state index is 12.8. The molecule has 0 bridgehead atoms. The Hall–Kier alpha value is -2.47. The predicted molar refractivity (Wildman–Crippen MR) is 102 cm³/mol. The smallest absolute Gasteiger partial charge is 0.250 e. The van der Waals surface area contributed by atoms with E-state index in [1.807, 2.05) is 12.1 Å². The van der Waals surface area contributed by atoms with Crippen molar-refractivity contribution in [1.82, 2.24) is 9.71 Å². The Labute approximate surface area is 155 Å². The molecule has 1 aliphatic rings. The van der Waals surface area contributed by atoms with Crippen LogP contribution in [-0.2, 0) is 10.0 Å². The lowest BCUT2D eigenvalue weighted by Crippen LogP contribution is -2.59. The van der Waals surface area contributed by atoms with Gasteiger partial charge in [0.1, 0.15) is 4.21 Å². The molecule has 1 aliphatic heterocycles. The summed E-state index contributed by atoms with van der Waals surface area (Å²) in [6.45, 7) is 3.05. The lowest BCUT2D eigenvalue weighted by atomic mass is 10.1. The molecule has 132 valence electrons. The molecule has 0 saturated carbocycles. The summed E-state index contributed by atoms with van der Waals surface area (Å²) < 4.78 is 29.7. The molecule has 26 heavy (non-hydrogen) atoms. The molecular formula is C18H16N4O2S2. The summed E-state index contributed by atoms with van der Waals surface area (Å²) >= 11 is 1.24. The Balaban J connectivity index is 1.54. The van der Waals surface area contributed by atoms with E-state index in [9.17, 15) is 8.42 Å². The minimum absolute atomic E-state index is 0.118. The maximum absolute atomic E-state index is 12.8. The number of aryl methyl sites for hydroxylation is 1. The van der Waals surface area contributed by atoms with Crippen molar-refractivity contribution in [1.29, 1.82) is 5.26 Å². The lowest BCUT2D eigenvalue weighted by molar-refractivity contribution is 0.470. The van der Waals surface area contributed by atoms with Gasteiger partial charge in [-0.15, -0.1) is 11.3 Å². The number of nitriles is 1. The minimum atomic E-state index is -3.59. The number of sulfonamides is 1. The Kier molecular flexibility index (Phi) is 4.15. The average Bonchev–Trinajstić information content (AvgIpc) is 2.95. The van der Waals surface area contributed by atoms with Gasteiger partial charge >= 0.3 is 0 Å². The third-order valence-electron chi connectivity index (χ3n) is 4.50. The predicted octanol–water partition coefficient (Wildman–Crippen LogP) is 2.64. The standard InChI is InChI=1S/C18H16N4O2S2/c1-12-16-8-13(9-19)2-3-17(16)25-18(12)26(23,24)21-14-10-22(11-14)15-4-6-20-7-5-15/h2-8,14,21H,10-11H2,1H3. The van der Waals surface area contributed by atoms with Gasteiger partial charge in [0, 0.05) is 35.9 Å². The van der Waals surface area contributed by atoms with Crippen molar-refractivity contribution >= 4 is 37.1 Å². The maximum Gasteiger partial charge on any atom is 0.250 e. The molecule has 1 fully saturated rings. The average molecular weight is 384 g/mol. The summed E-state index contributed by atoms with van der Waals surface area (Å²) in [6.07, 6.45) is 3.45. The first-order valence-electron chi connectivity index (χ1n) is 8.08. The number of benzene rings is 1. The van der Waals surface area contributed by atoms with E-state index in [4.69, 9.17) is 5.26 Å². The van der Waals surface area contributed by atoms with Crippen LogP contribution in [-0.4, -0.2) is 32.5 Å². The second-order valence-electron chi connectivity index (χ2n) is 6.27. The number of fused-ring (bicyclic) bond motifs is 1. The molecule has 0 spiro atoms. The fourth-order valence-electron chi connectivity index (χ4n) is 3.12. The first kappa shape index (κ1) is 17.0. The number of nitrogens with zero attached hydrogens (tertiary/aromatic N) is 3. The van der Waals surface area contributed by atoms with Crippen molar-refractivity contribution in [2.75, 3.05) is 18.0 Å². The number of rotatable bonds is 4. The number of nitrogens with one attached hydrogen (secondary N) is 1. The molecule has 3 aromatic rings. The molecule has 3 heterocycles. The number of thiophene rings is 1. The quantitative estimate of drug-likeness (QED) is 0.747. The van der Waals surface area contributed by atoms with E-state index in [1.165, 1.54) is 11.3 Å². The third kappa shape index (κ3) is 2.94. The minimum Gasteiger partial charge on any atom is -0.368 e. The topological polar surface area (TPSA) is 86.1 Å². The van der Waals surface area contributed by atoms with Gasteiger partial charge in [0.15, 0.2) is 0 Å². The molecule has 6 nitrogen and oxygen atoms in total. The lowest BCUT2D eigenvalue weighted by Gasteiger charge is -2.40. The van der Waals surface area contributed by atoms with Gasteiger partial charge in [-0.2, -0.15) is 5.26 Å². The molecule has 1 saturated heterocycles. The van der Waals surface area contributed by atoms with Crippen molar-refractivity contribution in [3.05, 3.63) is 53.9 Å². The summed E-state index contributed by atoms with van der Waals surface area (Å²) in [6, 6.07) is 11.1. The van der Waals surface area contributed by atoms with Crippen LogP contribution in [0.4, 0.5) is 5.69 Å². The summed E-state index contributed by atoms with van der Waals surface area (Å²) in [7, 11) is -3.59. The van der Waals surface area contributed by atoms with Crippen LogP contribution in [0.15, 0.2) is 46.9 Å². The highest BCUT2D eigenvalue weighted by Crippen LogP contribution is 2.35. The van der Waals surface area contributed by atoms with Crippen LogP contribution in [0.1, 0.15) is 11.1 Å². The zero-order valence-corrected chi connectivity index (χ0v) is 15.6. The van der Waals surface area contributed by atoms with Crippen molar-refractivity contribution in [2.24, 2.45) is 0 Å². The van der Waals surface area contributed by atoms with Crippen molar-refractivity contribution in [3.63, 3.8) is 0 Å². The Morgan fingerprint density at radius 3 is 2.69 bits per heavy atom. The second-order valence-corrected chi connectivity index (χ2v) is 9.23. The van der Waals surface area contributed by atoms with Gasteiger partial charge in [0.25, 0.3) is 10.0 Å². The summed E-state index contributed by atoms with van der Waals surface area (Å²) in [5, 5.41) is 9.87. The molecule has 0 aliphatic carbocycles. The Bertz CT molecular complexity index is 1110. The van der Waals surface area contributed by atoms with Crippen LogP contribution in [0.2, 0.25) is 0 Å². The highest BCUT2D eigenvalue weighted by Gasteiger charge is 2.32.